The lowest BCUT2D eigenvalue weighted by Crippen LogP contribution is -2.25. The second-order valence-corrected chi connectivity index (χ2v) is 7.22. The Kier molecular flexibility index (Phi) is 6.28. The van der Waals surface area contributed by atoms with Crippen molar-refractivity contribution in [3.05, 3.63) is 28.2 Å². The van der Waals surface area contributed by atoms with Crippen molar-refractivity contribution in [3.8, 4) is 5.75 Å². The van der Waals surface area contributed by atoms with Gasteiger partial charge in [0.05, 0.1) is 6.10 Å². The van der Waals surface area contributed by atoms with Crippen LogP contribution in [0, 0.1) is 18.8 Å². The molecular weight excluding hydrogens is 328 g/mol. The van der Waals surface area contributed by atoms with E-state index < -0.39 is 0 Å². The Hall–Kier alpha value is -0.830. The molecule has 0 amide bonds. The molecule has 0 radical (unpaired) electrons. The molecule has 0 aliphatic heterocycles. The van der Waals surface area contributed by atoms with Crippen LogP contribution in [0.25, 0.3) is 0 Å². The van der Waals surface area contributed by atoms with E-state index in [1.165, 1.54) is 24.8 Å². The van der Waals surface area contributed by atoms with Crippen molar-refractivity contribution in [2.75, 3.05) is 0 Å². The SMILES string of the molecule is Cc1c(Br)cccc1OC1CCC(CC(C)CC=O)CC1. The van der Waals surface area contributed by atoms with E-state index in [0.29, 0.717) is 18.4 Å². The Labute approximate surface area is 136 Å². The summed E-state index contributed by atoms with van der Waals surface area (Å²) in [6.07, 6.45) is 7.98. The summed E-state index contributed by atoms with van der Waals surface area (Å²) in [7, 11) is 0. The third-order valence-corrected chi connectivity index (χ3v) is 5.40. The van der Waals surface area contributed by atoms with Crippen LogP contribution in [0.3, 0.4) is 0 Å². The van der Waals surface area contributed by atoms with Crippen LogP contribution in [0.1, 0.15) is 51.0 Å². The van der Waals surface area contributed by atoms with Crippen LogP contribution in [0.5, 0.6) is 5.75 Å². The average molecular weight is 353 g/mol. The maximum atomic E-state index is 10.5. The fraction of sp³-hybridized carbons (Fsp3) is 0.611. The minimum absolute atomic E-state index is 0.343. The molecule has 1 aliphatic rings. The van der Waals surface area contributed by atoms with E-state index in [2.05, 4.69) is 35.8 Å². The van der Waals surface area contributed by atoms with E-state index in [1.54, 1.807) is 0 Å². The highest BCUT2D eigenvalue weighted by Crippen LogP contribution is 2.34. The molecule has 0 heterocycles. The molecule has 1 atom stereocenters. The number of hydrogen-bond acceptors (Lipinski definition) is 2. The molecule has 1 fully saturated rings. The van der Waals surface area contributed by atoms with Crippen LogP contribution in [0.2, 0.25) is 0 Å². The van der Waals surface area contributed by atoms with Gasteiger partial charge in [0.1, 0.15) is 12.0 Å². The number of benzene rings is 1. The predicted octanol–water partition coefficient (Wildman–Crippen LogP) is 5.31. The van der Waals surface area contributed by atoms with Gasteiger partial charge < -0.3 is 9.53 Å². The Bertz CT molecular complexity index is 464. The van der Waals surface area contributed by atoms with E-state index in [-0.39, 0.29) is 0 Å². The molecule has 0 bridgehead atoms. The maximum Gasteiger partial charge on any atom is 0.123 e. The van der Waals surface area contributed by atoms with Crippen LogP contribution >= 0.6 is 15.9 Å². The number of carbonyl (C=O) groups is 1. The fourth-order valence-corrected chi connectivity index (χ4v) is 3.56. The first-order chi connectivity index (χ1) is 10.1. The van der Waals surface area contributed by atoms with Crippen LogP contribution in [0.4, 0.5) is 0 Å². The molecule has 2 nitrogen and oxygen atoms in total. The largest absolute Gasteiger partial charge is 0.490 e. The second-order valence-electron chi connectivity index (χ2n) is 6.37. The third-order valence-electron chi connectivity index (χ3n) is 4.54. The standard InChI is InChI=1S/C18H25BrO2/c1-13(10-11-20)12-15-6-8-16(9-7-15)21-18-5-3-4-17(19)14(18)2/h3-5,11,13,15-16H,6-10,12H2,1-2H3. The molecule has 0 aromatic heterocycles. The average Bonchev–Trinajstić information content (AvgIpc) is 2.46. The molecule has 0 spiro atoms. The summed E-state index contributed by atoms with van der Waals surface area (Å²) in [5, 5.41) is 0. The molecule has 3 heteroatoms. The first kappa shape index (κ1) is 16.5. The molecule has 0 N–H and O–H groups in total. The quantitative estimate of drug-likeness (QED) is 0.648. The number of ether oxygens (including phenoxy) is 1. The predicted molar refractivity (Wildman–Crippen MR) is 89.7 cm³/mol. The molecule has 1 saturated carbocycles. The Morgan fingerprint density at radius 2 is 2.05 bits per heavy atom. The highest BCUT2D eigenvalue weighted by atomic mass is 79.9. The summed E-state index contributed by atoms with van der Waals surface area (Å²) in [5.41, 5.74) is 1.18. The molecular formula is C18H25BrO2. The number of hydrogen-bond donors (Lipinski definition) is 0. The zero-order valence-corrected chi connectivity index (χ0v) is 14.6. The van der Waals surface area contributed by atoms with Crippen LogP contribution in [0.15, 0.2) is 22.7 Å². The highest BCUT2D eigenvalue weighted by molar-refractivity contribution is 9.10. The van der Waals surface area contributed by atoms with Crippen molar-refractivity contribution in [2.45, 2.75) is 58.5 Å². The van der Waals surface area contributed by atoms with Gasteiger partial charge >= 0.3 is 0 Å². The van der Waals surface area contributed by atoms with Crippen LogP contribution < -0.4 is 4.74 Å². The van der Waals surface area contributed by atoms with Gasteiger partial charge in [-0.25, -0.2) is 0 Å². The van der Waals surface area contributed by atoms with E-state index in [1.807, 2.05) is 12.1 Å². The van der Waals surface area contributed by atoms with E-state index in [0.717, 1.165) is 35.3 Å². The van der Waals surface area contributed by atoms with E-state index >= 15 is 0 Å². The van der Waals surface area contributed by atoms with Gasteiger partial charge in [0.15, 0.2) is 0 Å². The lowest BCUT2D eigenvalue weighted by Gasteiger charge is -2.30. The summed E-state index contributed by atoms with van der Waals surface area (Å²) >= 11 is 3.55. The summed E-state index contributed by atoms with van der Waals surface area (Å²) in [4.78, 5) is 10.5. The monoisotopic (exact) mass is 352 g/mol. The minimum Gasteiger partial charge on any atom is -0.490 e. The topological polar surface area (TPSA) is 26.3 Å². The van der Waals surface area contributed by atoms with Crippen molar-refractivity contribution in [1.29, 1.82) is 0 Å². The van der Waals surface area contributed by atoms with Gasteiger partial charge in [-0.15, -0.1) is 0 Å². The first-order valence-electron chi connectivity index (χ1n) is 7.95. The summed E-state index contributed by atoms with van der Waals surface area (Å²) in [6.45, 7) is 4.27. The molecule has 2 rings (SSSR count). The second kappa shape index (κ2) is 7.98. The summed E-state index contributed by atoms with van der Waals surface area (Å²) in [6, 6.07) is 6.13. The number of aldehydes is 1. The first-order valence-corrected chi connectivity index (χ1v) is 8.74. The molecule has 1 unspecified atom stereocenters. The molecule has 1 aliphatic carbocycles. The van der Waals surface area contributed by atoms with E-state index in [9.17, 15) is 4.79 Å². The lowest BCUT2D eigenvalue weighted by atomic mass is 9.81. The zero-order chi connectivity index (χ0) is 15.2. The zero-order valence-electron chi connectivity index (χ0n) is 13.0. The van der Waals surface area contributed by atoms with Gasteiger partial charge in [-0.1, -0.05) is 28.9 Å². The van der Waals surface area contributed by atoms with Crippen LogP contribution in [-0.2, 0) is 4.79 Å². The molecule has 0 saturated heterocycles. The van der Waals surface area contributed by atoms with Gasteiger partial charge in [0.25, 0.3) is 0 Å². The van der Waals surface area contributed by atoms with Crippen molar-refractivity contribution >= 4 is 22.2 Å². The summed E-state index contributed by atoms with van der Waals surface area (Å²) in [5.74, 6) is 2.29. The third kappa shape index (κ3) is 4.84. The highest BCUT2D eigenvalue weighted by Gasteiger charge is 2.24. The van der Waals surface area contributed by atoms with Gasteiger partial charge in [-0.2, -0.15) is 0 Å². The van der Waals surface area contributed by atoms with Gasteiger partial charge in [0.2, 0.25) is 0 Å². The van der Waals surface area contributed by atoms with Crippen molar-refractivity contribution in [3.63, 3.8) is 0 Å². The van der Waals surface area contributed by atoms with Gasteiger partial charge in [-0.3, -0.25) is 0 Å². The molecule has 1 aromatic carbocycles. The number of halogens is 1. The van der Waals surface area contributed by atoms with Crippen molar-refractivity contribution in [2.24, 2.45) is 11.8 Å². The Morgan fingerprint density at radius 1 is 1.33 bits per heavy atom. The molecule has 21 heavy (non-hydrogen) atoms. The Balaban J connectivity index is 1.81. The maximum absolute atomic E-state index is 10.5. The summed E-state index contributed by atoms with van der Waals surface area (Å²) < 4.78 is 7.29. The number of rotatable bonds is 6. The normalized spacial score (nSPS) is 23.6. The van der Waals surface area contributed by atoms with Crippen LogP contribution in [-0.4, -0.2) is 12.4 Å². The number of carbonyl (C=O) groups excluding carboxylic acids is 1. The minimum atomic E-state index is 0.343. The van der Waals surface area contributed by atoms with E-state index in [4.69, 9.17) is 4.74 Å². The molecule has 116 valence electrons. The van der Waals surface area contributed by atoms with Crippen molar-refractivity contribution < 1.29 is 9.53 Å². The lowest BCUT2D eigenvalue weighted by molar-refractivity contribution is -0.108. The van der Waals surface area contributed by atoms with Gasteiger partial charge in [0, 0.05) is 16.5 Å². The smallest absolute Gasteiger partial charge is 0.123 e. The molecule has 1 aromatic rings. The fourth-order valence-electron chi connectivity index (χ4n) is 3.21. The van der Waals surface area contributed by atoms with Crippen molar-refractivity contribution in [1.82, 2.24) is 0 Å². The van der Waals surface area contributed by atoms with Gasteiger partial charge in [-0.05, 0) is 63.0 Å². The Morgan fingerprint density at radius 3 is 2.71 bits per heavy atom.